The number of esters is 1. The van der Waals surface area contributed by atoms with E-state index in [1.807, 2.05) is 0 Å². The summed E-state index contributed by atoms with van der Waals surface area (Å²) < 4.78 is 4.18. The van der Waals surface area contributed by atoms with Crippen molar-refractivity contribution >= 4 is 23.9 Å². The first-order valence-electron chi connectivity index (χ1n) is 6.41. The topological polar surface area (TPSA) is 239 Å². The zero-order valence-electron chi connectivity index (χ0n) is 12.3. The summed E-state index contributed by atoms with van der Waals surface area (Å²) in [4.78, 5) is 44.2. The van der Waals surface area contributed by atoms with E-state index in [1.54, 1.807) is 0 Å². The van der Waals surface area contributed by atoms with E-state index in [1.165, 1.54) is 0 Å². The number of aliphatic hydroxyl groups excluding tert-OH is 5. The molecule has 0 aliphatic carbocycles. The van der Waals surface area contributed by atoms with E-state index in [-0.39, 0.29) is 0 Å². The number of carboxylic acid groups (broad SMARTS) is 3. The van der Waals surface area contributed by atoms with Crippen molar-refractivity contribution in [3.63, 3.8) is 0 Å². The van der Waals surface area contributed by atoms with Crippen LogP contribution in [0.4, 0.5) is 0 Å². The van der Waals surface area contributed by atoms with E-state index in [9.17, 15) is 34.5 Å². The number of carboxylic acids is 3. The van der Waals surface area contributed by atoms with Crippen molar-refractivity contribution in [2.75, 3.05) is 6.61 Å². The van der Waals surface area contributed by atoms with Gasteiger partial charge in [0, 0.05) is 0 Å². The number of carbonyl (C=O) groups is 4. The number of hydrogen-bond donors (Lipinski definition) is 8. The third-order valence-electron chi connectivity index (χ3n) is 2.82. The van der Waals surface area contributed by atoms with Gasteiger partial charge in [-0.15, -0.1) is 0 Å². The Morgan fingerprint density at radius 1 is 0.880 bits per heavy atom. The fourth-order valence-corrected chi connectivity index (χ4v) is 1.51. The van der Waals surface area contributed by atoms with Crippen LogP contribution >= 0.6 is 0 Å². The second-order valence-electron chi connectivity index (χ2n) is 4.64. The van der Waals surface area contributed by atoms with Crippen molar-refractivity contribution in [3.8, 4) is 0 Å². The molecule has 0 aromatic rings. The molecule has 0 amide bonds. The molecule has 0 saturated carbocycles. The molecule has 0 radical (unpaired) electrons. The summed E-state index contributed by atoms with van der Waals surface area (Å²) in [6.07, 6.45) is -8.13. The van der Waals surface area contributed by atoms with E-state index in [4.69, 9.17) is 25.5 Å². The number of aliphatic carboxylic acids is 3. The van der Waals surface area contributed by atoms with Crippen LogP contribution in [0.5, 0.6) is 0 Å². The van der Waals surface area contributed by atoms with Crippen LogP contribution in [0.3, 0.4) is 0 Å². The maximum absolute atomic E-state index is 11.6. The minimum absolute atomic E-state index is 1.08. The van der Waals surface area contributed by atoms with Gasteiger partial charge >= 0.3 is 23.9 Å². The summed E-state index contributed by atoms with van der Waals surface area (Å²) in [6, 6.07) is 0. The normalized spacial score (nSPS) is 16.8. The highest BCUT2D eigenvalue weighted by molar-refractivity contribution is 5.91. The molecule has 25 heavy (non-hydrogen) atoms. The lowest BCUT2D eigenvalue weighted by molar-refractivity contribution is -0.174. The molecule has 0 aliphatic rings. The Morgan fingerprint density at radius 3 is 1.76 bits per heavy atom. The number of hydrogen-bond acceptors (Lipinski definition) is 10. The average Bonchev–Trinajstić information content (AvgIpc) is 2.53. The van der Waals surface area contributed by atoms with Gasteiger partial charge in [-0.25, -0.2) is 9.59 Å². The van der Waals surface area contributed by atoms with Gasteiger partial charge in [0.2, 0.25) is 11.9 Å². The molecule has 2 unspecified atom stereocenters. The van der Waals surface area contributed by atoms with Crippen molar-refractivity contribution in [1.29, 1.82) is 0 Å². The van der Waals surface area contributed by atoms with E-state index < -0.39 is 72.7 Å². The number of rotatable bonds is 10. The van der Waals surface area contributed by atoms with E-state index in [0.717, 1.165) is 0 Å². The van der Waals surface area contributed by atoms with Crippen molar-refractivity contribution in [2.24, 2.45) is 5.92 Å². The second kappa shape index (κ2) is 9.41. The van der Waals surface area contributed by atoms with E-state index in [0.29, 0.717) is 0 Å². The number of ether oxygens (including phenoxy) is 1. The predicted molar refractivity (Wildman–Crippen MR) is 72.3 cm³/mol. The Morgan fingerprint density at radius 2 is 1.40 bits per heavy atom. The van der Waals surface area contributed by atoms with Gasteiger partial charge in [0.15, 0.2) is 5.76 Å². The molecule has 0 aromatic carbocycles. The molecule has 0 aromatic heterocycles. The SMILES string of the molecule is O=C(O)CC(C(=O)O)C(OC(=O)/C(O)=C(/O)[C@H](O)[C@@H](O)CO)C(=O)O. The van der Waals surface area contributed by atoms with Crippen LogP contribution in [-0.2, 0) is 23.9 Å². The van der Waals surface area contributed by atoms with Gasteiger partial charge in [0.05, 0.1) is 13.0 Å². The van der Waals surface area contributed by atoms with Crippen LogP contribution < -0.4 is 0 Å². The molecule has 0 bridgehead atoms. The molecule has 142 valence electrons. The molecule has 0 saturated heterocycles. The largest absolute Gasteiger partial charge is 0.506 e. The Labute approximate surface area is 138 Å². The van der Waals surface area contributed by atoms with E-state index in [2.05, 4.69) is 4.74 Å². The number of aliphatic hydroxyl groups is 5. The molecule has 4 atom stereocenters. The van der Waals surface area contributed by atoms with Gasteiger partial charge < -0.3 is 45.6 Å². The zero-order valence-corrected chi connectivity index (χ0v) is 12.3. The average molecular weight is 368 g/mol. The lowest BCUT2D eigenvalue weighted by atomic mass is 9.98. The first-order valence-corrected chi connectivity index (χ1v) is 6.41. The van der Waals surface area contributed by atoms with Crippen molar-refractivity contribution < 1.29 is 64.8 Å². The number of carbonyl (C=O) groups excluding carboxylic acids is 1. The fourth-order valence-electron chi connectivity index (χ4n) is 1.51. The molecule has 13 nitrogen and oxygen atoms in total. The van der Waals surface area contributed by atoms with Crippen molar-refractivity contribution in [1.82, 2.24) is 0 Å². The second-order valence-corrected chi connectivity index (χ2v) is 4.64. The lowest BCUT2D eigenvalue weighted by Crippen LogP contribution is -2.40. The van der Waals surface area contributed by atoms with Gasteiger partial charge in [-0.1, -0.05) is 0 Å². The smallest absolute Gasteiger partial charge is 0.377 e. The summed E-state index contributed by atoms with van der Waals surface area (Å²) >= 11 is 0. The van der Waals surface area contributed by atoms with Gasteiger partial charge in [0.1, 0.15) is 18.1 Å². The Bertz CT molecular complexity index is 565. The quantitative estimate of drug-likeness (QED) is 0.110. The molecule has 13 heteroatoms. The molecule has 0 rings (SSSR count). The van der Waals surface area contributed by atoms with Crippen molar-refractivity contribution in [2.45, 2.75) is 24.7 Å². The van der Waals surface area contributed by atoms with Crippen LogP contribution in [0, 0.1) is 5.92 Å². The highest BCUT2D eigenvalue weighted by atomic mass is 16.6. The van der Waals surface area contributed by atoms with Crippen LogP contribution in [0.25, 0.3) is 0 Å². The molecular weight excluding hydrogens is 352 g/mol. The lowest BCUT2D eigenvalue weighted by Gasteiger charge is -2.20. The third-order valence-corrected chi connectivity index (χ3v) is 2.82. The maximum Gasteiger partial charge on any atom is 0.377 e. The molecule has 0 aliphatic heterocycles. The van der Waals surface area contributed by atoms with Gasteiger partial charge in [-0.2, -0.15) is 0 Å². The summed E-state index contributed by atoms with van der Waals surface area (Å²) in [6.45, 7) is -1.08. The standard InChI is InChI=1S/C12H16O13/c13-2-4(14)6(17)7(18)8(19)12(24)25-9(11(22)23)3(10(20)21)1-5(15)16/h3-4,6,9,13-14,17-19H,1-2H2,(H,15,16)(H,20,21)(H,22,23)/b8-7-/t3?,4-,6+,9?/m0/s1. The minimum atomic E-state index is -2.55. The Balaban J connectivity index is 5.51. The highest BCUT2D eigenvalue weighted by Crippen LogP contribution is 2.17. The van der Waals surface area contributed by atoms with Crippen LogP contribution in [0.2, 0.25) is 0 Å². The van der Waals surface area contributed by atoms with Gasteiger partial charge in [-0.3, -0.25) is 9.59 Å². The van der Waals surface area contributed by atoms with Crippen LogP contribution in [-0.4, -0.2) is 89.6 Å². The first-order chi connectivity index (χ1) is 11.4. The highest BCUT2D eigenvalue weighted by Gasteiger charge is 2.40. The first kappa shape index (κ1) is 22.1. The fraction of sp³-hybridized carbons (Fsp3) is 0.500. The third kappa shape index (κ3) is 6.25. The Kier molecular flexibility index (Phi) is 8.32. The maximum atomic E-state index is 11.6. The van der Waals surface area contributed by atoms with Crippen molar-refractivity contribution in [3.05, 3.63) is 11.5 Å². The Hall–Kier alpha value is -2.90. The zero-order chi connectivity index (χ0) is 19.9. The minimum Gasteiger partial charge on any atom is -0.506 e. The van der Waals surface area contributed by atoms with Crippen LogP contribution in [0.15, 0.2) is 11.5 Å². The molecule has 0 spiro atoms. The summed E-state index contributed by atoms with van der Waals surface area (Å²) in [5.41, 5.74) is 0. The molecular formula is C12H16O13. The molecule has 0 heterocycles. The summed E-state index contributed by atoms with van der Waals surface area (Å²) in [7, 11) is 0. The van der Waals surface area contributed by atoms with E-state index >= 15 is 0 Å². The summed E-state index contributed by atoms with van der Waals surface area (Å²) in [5.74, 6) is -13.3. The predicted octanol–water partition coefficient (Wildman–Crippen LogP) is -2.80. The monoisotopic (exact) mass is 368 g/mol. The summed E-state index contributed by atoms with van der Waals surface area (Å²) in [5, 5.41) is 72.0. The van der Waals surface area contributed by atoms with Gasteiger partial charge in [0.25, 0.3) is 0 Å². The molecule has 0 fully saturated rings. The van der Waals surface area contributed by atoms with Gasteiger partial charge in [-0.05, 0) is 0 Å². The van der Waals surface area contributed by atoms with Crippen LogP contribution in [0.1, 0.15) is 6.42 Å². The molecule has 8 N–H and O–H groups in total.